The predicted molar refractivity (Wildman–Crippen MR) is 113 cm³/mol. The molecule has 0 radical (unpaired) electrons. The van der Waals surface area contributed by atoms with Crippen LogP contribution in [0.3, 0.4) is 0 Å². The number of benzene rings is 1. The molecular formula is C16H21I3O2. The Labute approximate surface area is 168 Å². The SMILES string of the molecule is CC(C)CC(C)(C(=O)Oc1cc(I)c(I)c(I)c1)C(C)C. The second kappa shape index (κ2) is 8.12. The minimum absolute atomic E-state index is 0.126. The Hall–Kier alpha value is 0.880. The first-order valence-corrected chi connectivity index (χ1v) is 10.2. The highest BCUT2D eigenvalue weighted by Gasteiger charge is 2.39. The molecule has 1 atom stereocenters. The maximum atomic E-state index is 12.7. The summed E-state index contributed by atoms with van der Waals surface area (Å²) in [4.78, 5) is 12.7. The average Bonchev–Trinajstić information content (AvgIpc) is 2.34. The van der Waals surface area contributed by atoms with Crippen LogP contribution in [-0.4, -0.2) is 5.97 Å². The van der Waals surface area contributed by atoms with Crippen molar-refractivity contribution in [1.82, 2.24) is 0 Å². The van der Waals surface area contributed by atoms with Gasteiger partial charge in [0.1, 0.15) is 5.75 Å². The fraction of sp³-hybridized carbons (Fsp3) is 0.562. The summed E-state index contributed by atoms with van der Waals surface area (Å²) in [6.45, 7) is 10.5. The summed E-state index contributed by atoms with van der Waals surface area (Å²) in [6, 6.07) is 3.86. The van der Waals surface area contributed by atoms with E-state index in [1.165, 1.54) is 3.57 Å². The van der Waals surface area contributed by atoms with Crippen LogP contribution in [0, 0.1) is 28.0 Å². The van der Waals surface area contributed by atoms with Gasteiger partial charge in [-0.1, -0.05) is 27.7 Å². The van der Waals surface area contributed by atoms with Gasteiger partial charge in [-0.3, -0.25) is 4.79 Å². The van der Waals surface area contributed by atoms with Gasteiger partial charge in [-0.05, 0) is 105 Å². The zero-order chi connectivity index (χ0) is 16.4. The second-order valence-electron chi connectivity index (χ2n) is 6.26. The van der Waals surface area contributed by atoms with E-state index in [1.54, 1.807) is 0 Å². The van der Waals surface area contributed by atoms with Crippen molar-refractivity contribution in [3.8, 4) is 5.75 Å². The van der Waals surface area contributed by atoms with Gasteiger partial charge in [0, 0.05) is 10.7 Å². The zero-order valence-electron chi connectivity index (χ0n) is 13.0. The Bertz CT molecular complexity index is 503. The Morgan fingerprint density at radius 2 is 1.62 bits per heavy atom. The molecule has 0 aliphatic carbocycles. The average molecular weight is 626 g/mol. The van der Waals surface area contributed by atoms with Gasteiger partial charge in [-0.25, -0.2) is 0 Å². The van der Waals surface area contributed by atoms with Crippen LogP contribution in [0.5, 0.6) is 5.75 Å². The van der Waals surface area contributed by atoms with Crippen LogP contribution in [0.1, 0.15) is 41.0 Å². The number of carbonyl (C=O) groups excluding carboxylic acids is 1. The van der Waals surface area contributed by atoms with Gasteiger partial charge < -0.3 is 4.74 Å². The molecular weight excluding hydrogens is 605 g/mol. The highest BCUT2D eigenvalue weighted by Crippen LogP contribution is 2.36. The van der Waals surface area contributed by atoms with Gasteiger partial charge >= 0.3 is 5.97 Å². The van der Waals surface area contributed by atoms with Crippen LogP contribution < -0.4 is 4.74 Å². The minimum Gasteiger partial charge on any atom is -0.426 e. The smallest absolute Gasteiger partial charge is 0.317 e. The molecule has 0 aliphatic rings. The van der Waals surface area contributed by atoms with Crippen molar-refractivity contribution in [2.45, 2.75) is 41.0 Å². The molecule has 1 aromatic rings. The second-order valence-corrected chi connectivity index (χ2v) is 9.66. The summed E-state index contributed by atoms with van der Waals surface area (Å²) in [5, 5.41) is 0. The van der Waals surface area contributed by atoms with E-state index in [9.17, 15) is 4.79 Å². The third-order valence-corrected chi connectivity index (χ3v) is 8.67. The molecule has 1 unspecified atom stereocenters. The number of ether oxygens (including phenoxy) is 1. The van der Waals surface area contributed by atoms with Gasteiger partial charge in [0.05, 0.1) is 5.41 Å². The van der Waals surface area contributed by atoms with Gasteiger partial charge in [0.25, 0.3) is 0 Å². The molecule has 0 N–H and O–H groups in total. The summed E-state index contributed by atoms with van der Waals surface area (Å²) in [7, 11) is 0. The van der Waals surface area contributed by atoms with E-state index in [2.05, 4.69) is 95.5 Å². The Kier molecular flexibility index (Phi) is 7.70. The van der Waals surface area contributed by atoms with E-state index in [0.717, 1.165) is 13.6 Å². The Morgan fingerprint density at radius 3 is 2.00 bits per heavy atom. The van der Waals surface area contributed by atoms with E-state index in [4.69, 9.17) is 4.74 Å². The molecule has 0 heterocycles. The third-order valence-electron chi connectivity index (χ3n) is 3.74. The third kappa shape index (κ3) is 5.19. The molecule has 118 valence electrons. The van der Waals surface area contributed by atoms with Crippen molar-refractivity contribution in [3.63, 3.8) is 0 Å². The summed E-state index contributed by atoms with van der Waals surface area (Å²) < 4.78 is 9.12. The molecule has 0 spiro atoms. The molecule has 0 aromatic heterocycles. The maximum Gasteiger partial charge on any atom is 0.317 e. The quantitative estimate of drug-likeness (QED) is 0.171. The van der Waals surface area contributed by atoms with Crippen molar-refractivity contribution in [1.29, 1.82) is 0 Å². The molecule has 0 aliphatic heterocycles. The highest BCUT2D eigenvalue weighted by molar-refractivity contribution is 14.1. The molecule has 0 bridgehead atoms. The van der Waals surface area contributed by atoms with Crippen LogP contribution in [-0.2, 0) is 4.79 Å². The molecule has 1 aromatic carbocycles. The first kappa shape index (κ1) is 19.9. The Morgan fingerprint density at radius 1 is 1.14 bits per heavy atom. The van der Waals surface area contributed by atoms with E-state index < -0.39 is 5.41 Å². The summed E-state index contributed by atoms with van der Waals surface area (Å²) >= 11 is 6.85. The molecule has 21 heavy (non-hydrogen) atoms. The number of esters is 1. The van der Waals surface area contributed by atoms with Gasteiger partial charge in [-0.15, -0.1) is 0 Å². The maximum absolute atomic E-state index is 12.7. The van der Waals surface area contributed by atoms with E-state index in [-0.39, 0.29) is 11.9 Å². The van der Waals surface area contributed by atoms with Crippen molar-refractivity contribution < 1.29 is 9.53 Å². The van der Waals surface area contributed by atoms with Gasteiger partial charge in [-0.2, -0.15) is 0 Å². The lowest BCUT2D eigenvalue weighted by Gasteiger charge is -2.32. The summed E-state index contributed by atoms with van der Waals surface area (Å²) in [5.41, 5.74) is -0.450. The Balaban J connectivity index is 3.02. The van der Waals surface area contributed by atoms with Crippen LogP contribution in [0.2, 0.25) is 0 Å². The number of rotatable bonds is 5. The highest BCUT2D eigenvalue weighted by atomic mass is 127. The van der Waals surface area contributed by atoms with Crippen molar-refractivity contribution in [2.75, 3.05) is 0 Å². The van der Waals surface area contributed by atoms with Crippen LogP contribution in [0.4, 0.5) is 0 Å². The lowest BCUT2D eigenvalue weighted by Crippen LogP contribution is -2.38. The first-order valence-electron chi connectivity index (χ1n) is 6.94. The van der Waals surface area contributed by atoms with Crippen LogP contribution in [0.25, 0.3) is 0 Å². The lowest BCUT2D eigenvalue weighted by molar-refractivity contribution is -0.148. The number of halogens is 3. The van der Waals surface area contributed by atoms with Crippen molar-refractivity contribution in [3.05, 3.63) is 22.8 Å². The summed E-state index contributed by atoms with van der Waals surface area (Å²) in [5.74, 6) is 1.22. The largest absolute Gasteiger partial charge is 0.426 e. The topological polar surface area (TPSA) is 26.3 Å². The fourth-order valence-electron chi connectivity index (χ4n) is 2.22. The minimum atomic E-state index is -0.450. The molecule has 0 amide bonds. The van der Waals surface area contributed by atoms with E-state index >= 15 is 0 Å². The molecule has 0 fully saturated rings. The van der Waals surface area contributed by atoms with Gasteiger partial charge in [0.15, 0.2) is 0 Å². The summed E-state index contributed by atoms with van der Waals surface area (Å²) in [6.07, 6.45) is 0.835. The molecule has 2 nitrogen and oxygen atoms in total. The van der Waals surface area contributed by atoms with Crippen LogP contribution >= 0.6 is 67.8 Å². The van der Waals surface area contributed by atoms with Gasteiger partial charge in [0.2, 0.25) is 0 Å². The lowest BCUT2D eigenvalue weighted by atomic mass is 9.73. The molecule has 1 rings (SSSR count). The number of hydrogen-bond donors (Lipinski definition) is 0. The first-order chi connectivity index (χ1) is 9.57. The normalized spacial score (nSPS) is 14.4. The predicted octanol–water partition coefficient (Wildman–Crippen LogP) is 6.11. The number of hydrogen-bond acceptors (Lipinski definition) is 2. The molecule has 0 saturated heterocycles. The van der Waals surface area contributed by atoms with E-state index in [1.807, 2.05) is 19.1 Å². The standard InChI is InChI=1S/C16H21I3O2/c1-9(2)8-16(5,10(3)4)15(20)21-11-6-12(17)14(19)13(18)7-11/h6-7,9-10H,8H2,1-5H3. The van der Waals surface area contributed by atoms with E-state index in [0.29, 0.717) is 11.7 Å². The van der Waals surface area contributed by atoms with Crippen molar-refractivity contribution in [2.24, 2.45) is 17.3 Å². The molecule has 5 heteroatoms. The monoisotopic (exact) mass is 626 g/mol. The van der Waals surface area contributed by atoms with Crippen molar-refractivity contribution >= 4 is 73.7 Å². The van der Waals surface area contributed by atoms with Crippen LogP contribution in [0.15, 0.2) is 12.1 Å². The zero-order valence-corrected chi connectivity index (χ0v) is 19.4. The molecule has 0 saturated carbocycles. The number of carbonyl (C=O) groups is 1. The fourth-order valence-corrected chi connectivity index (χ4v) is 4.24.